The predicted molar refractivity (Wildman–Crippen MR) is 44.5 cm³/mol. The molecule has 0 aromatic carbocycles. The van der Waals surface area contributed by atoms with Gasteiger partial charge in [0.1, 0.15) is 0 Å². The van der Waals surface area contributed by atoms with Crippen molar-refractivity contribution in [1.29, 1.82) is 0 Å². The van der Waals surface area contributed by atoms with Crippen LogP contribution in [0.25, 0.3) is 0 Å². The van der Waals surface area contributed by atoms with Gasteiger partial charge < -0.3 is 10.3 Å². The summed E-state index contributed by atoms with van der Waals surface area (Å²) in [4.78, 5) is 2.14. The van der Waals surface area contributed by atoms with E-state index in [9.17, 15) is 0 Å². The molecule has 1 atom stereocenters. The molecule has 1 unspecified atom stereocenters. The summed E-state index contributed by atoms with van der Waals surface area (Å²) in [6.45, 7) is 3.65. The lowest BCUT2D eigenvalue weighted by molar-refractivity contribution is 0.238. The van der Waals surface area contributed by atoms with Gasteiger partial charge in [0.25, 0.3) is 0 Å². The maximum atomic E-state index is 5.94. The third-order valence-corrected chi connectivity index (χ3v) is 2.28. The van der Waals surface area contributed by atoms with E-state index < -0.39 is 0 Å². The van der Waals surface area contributed by atoms with Gasteiger partial charge in [-0.25, -0.2) is 0 Å². The van der Waals surface area contributed by atoms with E-state index in [1.165, 1.54) is 0 Å². The highest BCUT2D eigenvalue weighted by molar-refractivity contribution is 5.27. The second-order valence-corrected chi connectivity index (χ2v) is 3.41. The molecule has 1 aromatic rings. The van der Waals surface area contributed by atoms with Gasteiger partial charge in [0, 0.05) is 18.2 Å². The number of nitrogens with two attached hydrogens (primary N) is 1. The number of hydrogen-bond donors (Lipinski definition) is 1. The van der Waals surface area contributed by atoms with Crippen molar-refractivity contribution in [1.82, 2.24) is 10.1 Å². The standard InChI is InChI=1S/C8H13N3O/c1-5-8-6(9)3-11(2)4-7(8)12-10-5/h6H,3-4,9H2,1-2H3. The van der Waals surface area contributed by atoms with Gasteiger partial charge in [-0.1, -0.05) is 5.16 Å². The molecular formula is C8H13N3O. The smallest absolute Gasteiger partial charge is 0.155 e. The minimum absolute atomic E-state index is 0.0602. The van der Waals surface area contributed by atoms with Crippen molar-refractivity contribution in [2.24, 2.45) is 5.73 Å². The van der Waals surface area contributed by atoms with Crippen molar-refractivity contribution in [2.75, 3.05) is 13.6 Å². The van der Waals surface area contributed by atoms with Gasteiger partial charge in [0.2, 0.25) is 0 Å². The van der Waals surface area contributed by atoms with Crippen LogP contribution < -0.4 is 5.73 Å². The molecule has 0 radical (unpaired) electrons. The summed E-state index contributed by atoms with van der Waals surface area (Å²) >= 11 is 0. The Hall–Kier alpha value is -0.870. The molecule has 0 amide bonds. The van der Waals surface area contributed by atoms with Gasteiger partial charge in [-0.05, 0) is 14.0 Å². The number of nitrogens with zero attached hydrogens (tertiary/aromatic N) is 2. The zero-order valence-electron chi connectivity index (χ0n) is 7.37. The summed E-state index contributed by atoms with van der Waals surface area (Å²) in [7, 11) is 2.03. The second-order valence-electron chi connectivity index (χ2n) is 3.41. The van der Waals surface area contributed by atoms with Crippen LogP contribution in [0.1, 0.15) is 23.1 Å². The van der Waals surface area contributed by atoms with Gasteiger partial charge in [0.05, 0.1) is 12.2 Å². The van der Waals surface area contributed by atoms with Crippen LogP contribution >= 0.6 is 0 Å². The van der Waals surface area contributed by atoms with Gasteiger partial charge in [-0.2, -0.15) is 0 Å². The largest absolute Gasteiger partial charge is 0.359 e. The average molecular weight is 167 g/mol. The average Bonchev–Trinajstić information content (AvgIpc) is 2.31. The van der Waals surface area contributed by atoms with E-state index in [0.29, 0.717) is 0 Å². The fourth-order valence-electron chi connectivity index (χ4n) is 1.75. The van der Waals surface area contributed by atoms with Crippen LogP contribution in [0, 0.1) is 6.92 Å². The molecule has 4 nitrogen and oxygen atoms in total. The Morgan fingerprint density at radius 2 is 2.42 bits per heavy atom. The Morgan fingerprint density at radius 3 is 3.17 bits per heavy atom. The molecule has 0 spiro atoms. The van der Waals surface area contributed by atoms with Crippen LogP contribution in [-0.4, -0.2) is 23.6 Å². The minimum atomic E-state index is 0.0602. The molecule has 0 fully saturated rings. The van der Waals surface area contributed by atoms with Gasteiger partial charge >= 0.3 is 0 Å². The molecular weight excluding hydrogens is 154 g/mol. The van der Waals surface area contributed by atoms with Crippen molar-refractivity contribution >= 4 is 0 Å². The predicted octanol–water partition coefficient (Wildman–Crippen LogP) is 0.428. The summed E-state index contributed by atoms with van der Waals surface area (Å²) in [5, 5.41) is 3.90. The summed E-state index contributed by atoms with van der Waals surface area (Å²) in [6.07, 6.45) is 0. The highest BCUT2D eigenvalue weighted by Gasteiger charge is 2.26. The van der Waals surface area contributed by atoms with Gasteiger partial charge in [-0.3, -0.25) is 4.90 Å². The molecule has 1 aliphatic rings. The number of hydrogen-bond acceptors (Lipinski definition) is 4. The quantitative estimate of drug-likeness (QED) is 0.608. The number of aryl methyl sites for hydroxylation is 1. The topological polar surface area (TPSA) is 55.3 Å². The van der Waals surface area contributed by atoms with E-state index in [4.69, 9.17) is 10.3 Å². The number of fused-ring (bicyclic) bond motifs is 1. The van der Waals surface area contributed by atoms with Crippen LogP contribution in [0.2, 0.25) is 0 Å². The third kappa shape index (κ3) is 1.04. The van der Waals surface area contributed by atoms with Crippen molar-refractivity contribution < 1.29 is 4.52 Å². The highest BCUT2D eigenvalue weighted by Crippen LogP contribution is 2.26. The lowest BCUT2D eigenvalue weighted by Gasteiger charge is -2.25. The van der Waals surface area contributed by atoms with E-state index in [2.05, 4.69) is 10.1 Å². The first-order valence-electron chi connectivity index (χ1n) is 4.07. The molecule has 4 heteroatoms. The third-order valence-electron chi connectivity index (χ3n) is 2.28. The van der Waals surface area contributed by atoms with Crippen LogP contribution in [0.3, 0.4) is 0 Å². The summed E-state index contributed by atoms with van der Waals surface area (Å²) in [6, 6.07) is 0.0602. The normalized spacial score (nSPS) is 24.1. The van der Waals surface area contributed by atoms with Crippen LogP contribution in [0.4, 0.5) is 0 Å². The Balaban J connectivity index is 2.43. The molecule has 0 saturated carbocycles. The fraction of sp³-hybridized carbons (Fsp3) is 0.625. The van der Waals surface area contributed by atoms with Crippen LogP contribution in [0.15, 0.2) is 4.52 Å². The molecule has 0 aliphatic carbocycles. The Bertz CT molecular complexity index is 294. The summed E-state index contributed by atoms with van der Waals surface area (Å²) < 4.78 is 5.16. The molecule has 66 valence electrons. The zero-order chi connectivity index (χ0) is 8.72. The van der Waals surface area contributed by atoms with E-state index in [1.807, 2.05) is 14.0 Å². The van der Waals surface area contributed by atoms with Crippen LogP contribution in [-0.2, 0) is 6.54 Å². The molecule has 2 N–H and O–H groups in total. The van der Waals surface area contributed by atoms with E-state index >= 15 is 0 Å². The van der Waals surface area contributed by atoms with Crippen molar-refractivity contribution in [3.63, 3.8) is 0 Å². The van der Waals surface area contributed by atoms with E-state index in [0.717, 1.165) is 30.1 Å². The highest BCUT2D eigenvalue weighted by atomic mass is 16.5. The first kappa shape index (κ1) is 7.76. The maximum Gasteiger partial charge on any atom is 0.155 e. The van der Waals surface area contributed by atoms with Gasteiger partial charge in [-0.15, -0.1) is 0 Å². The first-order valence-corrected chi connectivity index (χ1v) is 4.07. The summed E-state index contributed by atoms with van der Waals surface area (Å²) in [5.74, 6) is 0.925. The molecule has 2 heterocycles. The molecule has 1 aromatic heterocycles. The second kappa shape index (κ2) is 2.57. The van der Waals surface area contributed by atoms with Crippen molar-refractivity contribution in [3.8, 4) is 0 Å². The molecule has 12 heavy (non-hydrogen) atoms. The molecule has 2 rings (SSSR count). The maximum absolute atomic E-state index is 5.94. The Morgan fingerprint density at radius 1 is 1.67 bits per heavy atom. The van der Waals surface area contributed by atoms with Crippen molar-refractivity contribution in [2.45, 2.75) is 19.5 Å². The Labute approximate surface area is 71.3 Å². The van der Waals surface area contributed by atoms with E-state index in [1.54, 1.807) is 0 Å². The van der Waals surface area contributed by atoms with E-state index in [-0.39, 0.29) is 6.04 Å². The number of likely N-dealkylation sites (N-methyl/N-ethyl adjacent to an activating group) is 1. The van der Waals surface area contributed by atoms with Crippen LogP contribution in [0.5, 0.6) is 0 Å². The molecule has 0 saturated heterocycles. The molecule has 0 bridgehead atoms. The number of rotatable bonds is 0. The monoisotopic (exact) mass is 167 g/mol. The first-order chi connectivity index (χ1) is 5.68. The lowest BCUT2D eigenvalue weighted by Crippen LogP contribution is -2.34. The molecule has 1 aliphatic heterocycles. The number of aromatic nitrogens is 1. The van der Waals surface area contributed by atoms with Crippen molar-refractivity contribution in [3.05, 3.63) is 17.0 Å². The SMILES string of the molecule is Cc1noc2c1C(N)CN(C)C2. The van der Waals surface area contributed by atoms with Gasteiger partial charge in [0.15, 0.2) is 5.76 Å². The Kier molecular flexibility index (Phi) is 1.66. The zero-order valence-corrected chi connectivity index (χ0v) is 7.37. The minimum Gasteiger partial charge on any atom is -0.359 e. The summed E-state index contributed by atoms with van der Waals surface area (Å²) in [5.41, 5.74) is 7.98. The lowest BCUT2D eigenvalue weighted by atomic mass is 10.0. The fourth-order valence-corrected chi connectivity index (χ4v) is 1.75.